The lowest BCUT2D eigenvalue weighted by atomic mass is 10.0. The van der Waals surface area contributed by atoms with Crippen LogP contribution in [0.15, 0.2) is 36.7 Å². The summed E-state index contributed by atoms with van der Waals surface area (Å²) in [5, 5.41) is 2.32. The normalized spacial score (nSPS) is 12.8. The molecule has 18 heavy (non-hydrogen) atoms. The molecule has 0 aliphatic heterocycles. The van der Waals surface area contributed by atoms with Crippen LogP contribution < -0.4 is 11.3 Å². The molecule has 1 aromatic heterocycles. The number of rotatable bonds is 6. The van der Waals surface area contributed by atoms with Crippen molar-refractivity contribution >= 4 is 10.8 Å². The first kappa shape index (κ1) is 13.0. The third-order valence-electron chi connectivity index (χ3n) is 3.03. The Morgan fingerprint density at radius 3 is 2.94 bits per heavy atom. The van der Waals surface area contributed by atoms with Gasteiger partial charge in [0.1, 0.15) is 0 Å². The van der Waals surface area contributed by atoms with E-state index in [2.05, 4.69) is 22.5 Å². The molecule has 0 spiro atoms. The van der Waals surface area contributed by atoms with Crippen LogP contribution in [-0.4, -0.2) is 18.2 Å². The lowest BCUT2D eigenvalue weighted by Crippen LogP contribution is -2.29. The minimum Gasteiger partial charge on any atom is -0.382 e. The Balaban J connectivity index is 2.27. The quantitative estimate of drug-likeness (QED) is 0.465. The van der Waals surface area contributed by atoms with Crippen molar-refractivity contribution in [2.75, 3.05) is 13.2 Å². The van der Waals surface area contributed by atoms with Crippen LogP contribution in [0, 0.1) is 0 Å². The number of pyridine rings is 1. The molecule has 1 atom stereocenters. The minimum atomic E-state index is 0.0650. The number of aromatic nitrogens is 1. The van der Waals surface area contributed by atoms with Crippen molar-refractivity contribution in [2.45, 2.75) is 19.4 Å². The highest BCUT2D eigenvalue weighted by Crippen LogP contribution is 2.24. The molecule has 1 aromatic carbocycles. The van der Waals surface area contributed by atoms with Gasteiger partial charge >= 0.3 is 0 Å². The number of hydrogen-bond acceptors (Lipinski definition) is 4. The van der Waals surface area contributed by atoms with E-state index in [4.69, 9.17) is 10.6 Å². The van der Waals surface area contributed by atoms with Crippen molar-refractivity contribution in [2.24, 2.45) is 5.84 Å². The van der Waals surface area contributed by atoms with E-state index in [9.17, 15) is 0 Å². The summed E-state index contributed by atoms with van der Waals surface area (Å²) in [7, 11) is 0. The molecule has 0 saturated carbocycles. The third kappa shape index (κ3) is 2.85. The third-order valence-corrected chi connectivity index (χ3v) is 3.03. The van der Waals surface area contributed by atoms with Gasteiger partial charge in [0.15, 0.2) is 0 Å². The fourth-order valence-electron chi connectivity index (χ4n) is 2.09. The number of hydrogen-bond donors (Lipinski definition) is 2. The van der Waals surface area contributed by atoms with Gasteiger partial charge in [0.2, 0.25) is 0 Å². The van der Waals surface area contributed by atoms with Crippen LogP contribution in [0.1, 0.15) is 24.9 Å². The highest BCUT2D eigenvalue weighted by molar-refractivity contribution is 5.85. The molecule has 0 amide bonds. The van der Waals surface area contributed by atoms with E-state index in [1.807, 2.05) is 31.5 Å². The number of ether oxygens (including phenoxy) is 1. The fraction of sp³-hybridized carbons (Fsp3) is 0.357. The van der Waals surface area contributed by atoms with Crippen LogP contribution in [0.5, 0.6) is 0 Å². The first-order valence-electron chi connectivity index (χ1n) is 6.23. The van der Waals surface area contributed by atoms with Crippen molar-refractivity contribution in [1.82, 2.24) is 10.4 Å². The van der Waals surface area contributed by atoms with Gasteiger partial charge in [0.05, 0.1) is 6.04 Å². The molecular weight excluding hydrogens is 226 g/mol. The van der Waals surface area contributed by atoms with Gasteiger partial charge in [-0.25, -0.2) is 0 Å². The topological polar surface area (TPSA) is 60.2 Å². The van der Waals surface area contributed by atoms with Crippen LogP contribution in [0.3, 0.4) is 0 Å². The maximum Gasteiger partial charge on any atom is 0.0503 e. The second-order valence-corrected chi connectivity index (χ2v) is 4.15. The number of nitrogens with zero attached hydrogens (tertiary/aromatic N) is 1. The second-order valence-electron chi connectivity index (χ2n) is 4.15. The summed E-state index contributed by atoms with van der Waals surface area (Å²) in [5.41, 5.74) is 3.97. The highest BCUT2D eigenvalue weighted by atomic mass is 16.5. The number of fused-ring (bicyclic) bond motifs is 1. The van der Waals surface area contributed by atoms with Crippen LogP contribution in [0.4, 0.5) is 0 Å². The number of nitrogens with one attached hydrogen (secondary N) is 1. The predicted molar refractivity (Wildman–Crippen MR) is 72.9 cm³/mol. The molecule has 96 valence electrons. The van der Waals surface area contributed by atoms with Gasteiger partial charge in [0.25, 0.3) is 0 Å². The lowest BCUT2D eigenvalue weighted by Gasteiger charge is -2.17. The zero-order chi connectivity index (χ0) is 12.8. The Morgan fingerprint density at radius 1 is 1.33 bits per heavy atom. The van der Waals surface area contributed by atoms with Crippen LogP contribution >= 0.6 is 0 Å². The number of hydrazine groups is 1. The van der Waals surface area contributed by atoms with Crippen molar-refractivity contribution < 1.29 is 4.74 Å². The van der Waals surface area contributed by atoms with Crippen LogP contribution in [-0.2, 0) is 4.74 Å². The molecule has 3 N–H and O–H groups in total. The van der Waals surface area contributed by atoms with Gasteiger partial charge in [-0.3, -0.25) is 16.3 Å². The van der Waals surface area contributed by atoms with Gasteiger partial charge in [-0.1, -0.05) is 24.3 Å². The first-order chi connectivity index (χ1) is 8.86. The Kier molecular flexibility index (Phi) is 4.64. The molecule has 4 nitrogen and oxygen atoms in total. The zero-order valence-electron chi connectivity index (χ0n) is 10.6. The van der Waals surface area contributed by atoms with Crippen molar-refractivity contribution in [3.63, 3.8) is 0 Å². The van der Waals surface area contributed by atoms with E-state index in [1.165, 1.54) is 5.39 Å². The Morgan fingerprint density at radius 2 is 2.17 bits per heavy atom. The van der Waals surface area contributed by atoms with Gasteiger partial charge in [-0.15, -0.1) is 0 Å². The summed E-state index contributed by atoms with van der Waals surface area (Å²) >= 11 is 0. The standard InChI is InChI=1S/C14H19N3O/c1-2-18-8-7-14(17-15)13-10-16-9-11-5-3-4-6-12(11)13/h3-6,9-10,14,17H,2,7-8,15H2,1H3. The summed E-state index contributed by atoms with van der Waals surface area (Å²) in [6, 6.07) is 8.26. The Bertz CT molecular complexity index is 496. The van der Waals surface area contributed by atoms with Crippen molar-refractivity contribution in [1.29, 1.82) is 0 Å². The Hall–Kier alpha value is -1.49. The molecule has 0 fully saturated rings. The molecule has 1 unspecified atom stereocenters. The molecule has 0 saturated heterocycles. The largest absolute Gasteiger partial charge is 0.382 e. The average Bonchev–Trinajstić information content (AvgIpc) is 2.43. The van der Waals surface area contributed by atoms with E-state index in [0.29, 0.717) is 6.61 Å². The van der Waals surface area contributed by atoms with Crippen LogP contribution in [0.2, 0.25) is 0 Å². The second kappa shape index (κ2) is 6.44. The van der Waals surface area contributed by atoms with E-state index in [0.717, 1.165) is 24.0 Å². The summed E-state index contributed by atoms with van der Waals surface area (Å²) < 4.78 is 5.38. The first-order valence-corrected chi connectivity index (χ1v) is 6.23. The molecular formula is C14H19N3O. The summed E-state index contributed by atoms with van der Waals surface area (Å²) in [5.74, 6) is 5.64. The summed E-state index contributed by atoms with van der Waals surface area (Å²) in [6.07, 6.45) is 4.58. The van der Waals surface area contributed by atoms with Gasteiger partial charge < -0.3 is 4.74 Å². The minimum absolute atomic E-state index is 0.0650. The average molecular weight is 245 g/mol. The van der Waals surface area contributed by atoms with E-state index < -0.39 is 0 Å². The summed E-state index contributed by atoms with van der Waals surface area (Å²) in [4.78, 5) is 4.27. The number of nitrogens with two attached hydrogens (primary N) is 1. The maximum absolute atomic E-state index is 5.64. The lowest BCUT2D eigenvalue weighted by molar-refractivity contribution is 0.136. The molecule has 4 heteroatoms. The smallest absolute Gasteiger partial charge is 0.0503 e. The zero-order valence-corrected chi connectivity index (χ0v) is 10.6. The van der Waals surface area contributed by atoms with Crippen LogP contribution in [0.25, 0.3) is 10.8 Å². The van der Waals surface area contributed by atoms with Gasteiger partial charge in [-0.05, 0) is 24.3 Å². The molecule has 1 heterocycles. The van der Waals surface area contributed by atoms with Crippen molar-refractivity contribution in [3.8, 4) is 0 Å². The molecule has 0 aliphatic rings. The molecule has 2 aromatic rings. The van der Waals surface area contributed by atoms with Crippen molar-refractivity contribution in [3.05, 3.63) is 42.2 Å². The van der Waals surface area contributed by atoms with E-state index in [-0.39, 0.29) is 6.04 Å². The number of benzene rings is 1. The predicted octanol–water partition coefficient (Wildman–Crippen LogP) is 2.17. The molecule has 0 radical (unpaired) electrons. The monoisotopic (exact) mass is 245 g/mol. The molecule has 2 rings (SSSR count). The highest BCUT2D eigenvalue weighted by Gasteiger charge is 2.12. The van der Waals surface area contributed by atoms with E-state index >= 15 is 0 Å². The summed E-state index contributed by atoms with van der Waals surface area (Å²) in [6.45, 7) is 3.41. The van der Waals surface area contributed by atoms with Gasteiger partial charge in [0, 0.05) is 31.0 Å². The fourth-order valence-corrected chi connectivity index (χ4v) is 2.09. The Labute approximate surface area is 107 Å². The SMILES string of the molecule is CCOCCC(NN)c1cncc2ccccc12. The molecule has 0 aliphatic carbocycles. The maximum atomic E-state index is 5.64. The molecule has 0 bridgehead atoms. The van der Waals surface area contributed by atoms with Gasteiger partial charge in [-0.2, -0.15) is 0 Å². The van der Waals surface area contributed by atoms with E-state index in [1.54, 1.807) is 0 Å².